The summed E-state index contributed by atoms with van der Waals surface area (Å²) in [4.78, 5) is 12.3. The predicted molar refractivity (Wildman–Crippen MR) is 70.7 cm³/mol. The van der Waals surface area contributed by atoms with Gasteiger partial charge in [0.15, 0.2) is 0 Å². The second-order valence-electron chi connectivity index (χ2n) is 4.76. The van der Waals surface area contributed by atoms with Crippen LogP contribution in [0.4, 0.5) is 0 Å². The number of hydrogen-bond acceptors (Lipinski definition) is 3. The highest BCUT2D eigenvalue weighted by Crippen LogP contribution is 2.25. The third kappa shape index (κ3) is 3.28. The van der Waals surface area contributed by atoms with Crippen molar-refractivity contribution in [1.29, 1.82) is 0 Å². The molecule has 1 rings (SSSR count). The fourth-order valence-corrected chi connectivity index (χ4v) is 2.14. The molecule has 1 amide bonds. The van der Waals surface area contributed by atoms with Crippen LogP contribution in [0.1, 0.15) is 52.9 Å². The summed E-state index contributed by atoms with van der Waals surface area (Å²) in [5.74, 6) is 0.170. The molecule has 4 heteroatoms. The van der Waals surface area contributed by atoms with Gasteiger partial charge in [0.05, 0.1) is 17.7 Å². The number of carbonyl (C=O) groups is 1. The number of hydrazone groups is 1. The summed E-state index contributed by atoms with van der Waals surface area (Å²) in [6.45, 7) is 6.90. The molecule has 0 saturated heterocycles. The predicted octanol–water partition coefficient (Wildman–Crippen LogP) is 2.14. The Labute approximate surface area is 104 Å². The average molecular weight is 239 g/mol. The molecule has 0 aliphatic carbocycles. The molecule has 0 aromatic carbocycles. The number of rotatable bonds is 7. The van der Waals surface area contributed by atoms with E-state index in [4.69, 9.17) is 5.73 Å². The first-order chi connectivity index (χ1) is 8.15. The van der Waals surface area contributed by atoms with Gasteiger partial charge in [-0.05, 0) is 39.2 Å². The average Bonchev–Trinajstić information content (AvgIpc) is 2.63. The quantitative estimate of drug-likeness (QED) is 0.740. The zero-order chi connectivity index (χ0) is 12.8. The lowest BCUT2D eigenvalue weighted by atomic mass is 9.94. The highest BCUT2D eigenvalue weighted by atomic mass is 16.2. The van der Waals surface area contributed by atoms with Gasteiger partial charge in [0.2, 0.25) is 0 Å². The Morgan fingerprint density at radius 1 is 1.47 bits per heavy atom. The molecule has 2 unspecified atom stereocenters. The van der Waals surface area contributed by atoms with Crippen LogP contribution < -0.4 is 5.73 Å². The van der Waals surface area contributed by atoms with Crippen LogP contribution in [0.3, 0.4) is 0 Å². The Bertz CT molecular complexity index is 288. The highest BCUT2D eigenvalue weighted by molar-refractivity contribution is 6.08. The maximum atomic E-state index is 12.3. The van der Waals surface area contributed by atoms with Gasteiger partial charge in [-0.25, -0.2) is 5.01 Å². The van der Waals surface area contributed by atoms with Gasteiger partial charge in [-0.3, -0.25) is 4.79 Å². The Morgan fingerprint density at radius 2 is 2.18 bits per heavy atom. The Kier molecular flexibility index (Phi) is 5.62. The number of amides is 1. The molecule has 2 N–H and O–H groups in total. The third-order valence-electron chi connectivity index (χ3n) is 3.37. The van der Waals surface area contributed by atoms with E-state index in [1.807, 2.05) is 0 Å². The SMILES string of the molecule is CCCC1=NN(C(C)CC)C(=O)C1CCCN. The van der Waals surface area contributed by atoms with Crippen molar-refractivity contribution in [3.8, 4) is 0 Å². The minimum Gasteiger partial charge on any atom is -0.330 e. The van der Waals surface area contributed by atoms with E-state index in [-0.39, 0.29) is 17.9 Å². The fraction of sp³-hybridized carbons (Fsp3) is 0.846. The van der Waals surface area contributed by atoms with Crippen LogP contribution in [0.2, 0.25) is 0 Å². The van der Waals surface area contributed by atoms with E-state index in [0.717, 1.165) is 37.8 Å². The Balaban J connectivity index is 2.76. The van der Waals surface area contributed by atoms with E-state index >= 15 is 0 Å². The van der Waals surface area contributed by atoms with Crippen LogP contribution in [-0.2, 0) is 4.79 Å². The molecule has 98 valence electrons. The third-order valence-corrected chi connectivity index (χ3v) is 3.37. The highest BCUT2D eigenvalue weighted by Gasteiger charge is 2.36. The minimum absolute atomic E-state index is 0.00694. The smallest absolute Gasteiger partial charge is 0.251 e. The molecule has 0 aromatic heterocycles. The first-order valence-electron chi connectivity index (χ1n) is 6.76. The Hall–Kier alpha value is -0.900. The molecule has 2 atom stereocenters. The molecule has 1 aliphatic heterocycles. The van der Waals surface area contributed by atoms with Crippen LogP contribution >= 0.6 is 0 Å². The first-order valence-corrected chi connectivity index (χ1v) is 6.76. The van der Waals surface area contributed by atoms with E-state index in [9.17, 15) is 4.79 Å². The van der Waals surface area contributed by atoms with Crippen LogP contribution in [-0.4, -0.2) is 29.2 Å². The molecule has 0 saturated carbocycles. The molecule has 1 aliphatic rings. The van der Waals surface area contributed by atoms with E-state index in [1.165, 1.54) is 0 Å². The molecule has 0 fully saturated rings. The van der Waals surface area contributed by atoms with Crippen molar-refractivity contribution in [1.82, 2.24) is 5.01 Å². The van der Waals surface area contributed by atoms with E-state index in [0.29, 0.717) is 6.54 Å². The monoisotopic (exact) mass is 239 g/mol. The summed E-state index contributed by atoms with van der Waals surface area (Å²) in [6, 6.07) is 0.206. The van der Waals surface area contributed by atoms with Gasteiger partial charge in [0.1, 0.15) is 0 Å². The van der Waals surface area contributed by atoms with Crippen LogP contribution in [0.5, 0.6) is 0 Å². The zero-order valence-electron chi connectivity index (χ0n) is 11.3. The van der Waals surface area contributed by atoms with Crippen LogP contribution in [0, 0.1) is 5.92 Å². The fourth-order valence-electron chi connectivity index (χ4n) is 2.14. The maximum Gasteiger partial charge on any atom is 0.251 e. The molecular weight excluding hydrogens is 214 g/mol. The van der Waals surface area contributed by atoms with Gasteiger partial charge in [0, 0.05) is 0 Å². The molecule has 0 bridgehead atoms. The number of carbonyl (C=O) groups excluding carboxylic acids is 1. The summed E-state index contributed by atoms with van der Waals surface area (Å²) in [7, 11) is 0. The van der Waals surface area contributed by atoms with Gasteiger partial charge in [-0.1, -0.05) is 20.3 Å². The van der Waals surface area contributed by atoms with E-state index < -0.39 is 0 Å². The summed E-state index contributed by atoms with van der Waals surface area (Å²) < 4.78 is 0. The standard InChI is InChI=1S/C13H25N3O/c1-4-7-12-11(8-6-9-14)13(17)16(15-12)10(3)5-2/h10-11H,4-9,14H2,1-3H3. The minimum atomic E-state index is -0.00694. The molecular formula is C13H25N3O. The van der Waals surface area contributed by atoms with Crippen LogP contribution in [0.25, 0.3) is 0 Å². The van der Waals surface area contributed by atoms with Crippen molar-refractivity contribution in [3.05, 3.63) is 0 Å². The van der Waals surface area contributed by atoms with E-state index in [1.54, 1.807) is 5.01 Å². The molecule has 0 radical (unpaired) electrons. The molecule has 4 nitrogen and oxygen atoms in total. The Morgan fingerprint density at radius 3 is 2.71 bits per heavy atom. The molecule has 17 heavy (non-hydrogen) atoms. The molecule has 0 spiro atoms. The van der Waals surface area contributed by atoms with Crippen molar-refractivity contribution in [2.75, 3.05) is 6.54 Å². The number of nitrogens with two attached hydrogens (primary N) is 1. The summed E-state index contributed by atoms with van der Waals surface area (Å²) in [6.07, 6.45) is 4.65. The van der Waals surface area contributed by atoms with Crippen molar-refractivity contribution < 1.29 is 4.79 Å². The van der Waals surface area contributed by atoms with Crippen molar-refractivity contribution >= 4 is 11.6 Å². The van der Waals surface area contributed by atoms with Gasteiger partial charge in [-0.15, -0.1) is 0 Å². The van der Waals surface area contributed by atoms with E-state index in [2.05, 4.69) is 25.9 Å². The molecule has 1 heterocycles. The normalized spacial score (nSPS) is 21.9. The summed E-state index contributed by atoms with van der Waals surface area (Å²) in [5.41, 5.74) is 6.59. The second-order valence-corrected chi connectivity index (χ2v) is 4.76. The first kappa shape index (κ1) is 14.2. The zero-order valence-corrected chi connectivity index (χ0v) is 11.3. The lowest BCUT2D eigenvalue weighted by Crippen LogP contribution is -2.34. The maximum absolute atomic E-state index is 12.3. The summed E-state index contributed by atoms with van der Waals surface area (Å²) >= 11 is 0. The topological polar surface area (TPSA) is 58.7 Å². The molecule has 0 aromatic rings. The lowest BCUT2D eigenvalue weighted by Gasteiger charge is -2.20. The largest absolute Gasteiger partial charge is 0.330 e. The van der Waals surface area contributed by atoms with Crippen molar-refractivity contribution in [2.24, 2.45) is 16.8 Å². The number of hydrogen-bond donors (Lipinski definition) is 1. The van der Waals surface area contributed by atoms with Gasteiger partial charge < -0.3 is 5.73 Å². The van der Waals surface area contributed by atoms with Crippen molar-refractivity contribution in [3.63, 3.8) is 0 Å². The summed E-state index contributed by atoms with van der Waals surface area (Å²) in [5, 5.41) is 6.21. The van der Waals surface area contributed by atoms with Gasteiger partial charge in [0.25, 0.3) is 5.91 Å². The lowest BCUT2D eigenvalue weighted by molar-refractivity contribution is -0.133. The van der Waals surface area contributed by atoms with Crippen LogP contribution in [0.15, 0.2) is 5.10 Å². The number of nitrogens with zero attached hydrogens (tertiary/aromatic N) is 2. The second kappa shape index (κ2) is 6.74. The van der Waals surface area contributed by atoms with Gasteiger partial charge in [-0.2, -0.15) is 5.10 Å². The van der Waals surface area contributed by atoms with Gasteiger partial charge >= 0.3 is 0 Å². The van der Waals surface area contributed by atoms with Crippen molar-refractivity contribution in [2.45, 2.75) is 58.9 Å².